The number of hydrogen-bond acceptors (Lipinski definition) is 15. The molecule has 5 fully saturated rings. The zero-order chi connectivity index (χ0) is 35.6. The Morgan fingerprint density at radius 1 is 1.02 bits per heavy atom. The third-order valence-electron chi connectivity index (χ3n) is 11.5. The number of aliphatic carboxylic acids is 1. The van der Waals surface area contributed by atoms with E-state index < -0.39 is 99.0 Å². The average Bonchev–Trinajstić information content (AvgIpc) is 3.12. The van der Waals surface area contributed by atoms with E-state index in [9.17, 15) is 50.8 Å². The van der Waals surface area contributed by atoms with E-state index in [4.69, 9.17) is 14.2 Å². The van der Waals surface area contributed by atoms with Crippen molar-refractivity contribution in [1.82, 2.24) is 0 Å². The first-order valence-electron chi connectivity index (χ1n) is 16.2. The molecule has 13 atom stereocenters. The van der Waals surface area contributed by atoms with Crippen LogP contribution in [0.5, 0.6) is 0 Å². The van der Waals surface area contributed by atoms with Gasteiger partial charge in [0.15, 0.2) is 12.4 Å². The Labute approximate surface area is 377 Å². The summed E-state index contributed by atoms with van der Waals surface area (Å²) in [6, 6.07) is 0. The van der Waals surface area contributed by atoms with Gasteiger partial charge in [-0.2, -0.15) is 0 Å². The molecule has 16 nitrogen and oxygen atoms in total. The van der Waals surface area contributed by atoms with E-state index in [1.807, 2.05) is 6.92 Å². The molecule has 5 rings (SSSR count). The van der Waals surface area contributed by atoms with Crippen LogP contribution >= 0.6 is 0 Å². The summed E-state index contributed by atoms with van der Waals surface area (Å²) in [5, 5.41) is 31.9. The number of carboxylic acid groups (broad SMARTS) is 1. The zero-order valence-electron chi connectivity index (χ0n) is 29.0. The Kier molecular flexibility index (Phi) is 15.9. The normalized spacial score (nSPS) is 41.3. The minimum absolute atomic E-state index is 0. The minimum atomic E-state index is -5.69. The summed E-state index contributed by atoms with van der Waals surface area (Å²) < 4.78 is 96.9. The molecule has 0 aromatic carbocycles. The van der Waals surface area contributed by atoms with Crippen molar-refractivity contribution in [3.05, 3.63) is 12.2 Å². The first kappa shape index (κ1) is 45.9. The van der Waals surface area contributed by atoms with Crippen LogP contribution in [0.1, 0.15) is 72.1 Å². The van der Waals surface area contributed by atoms with E-state index in [0.29, 0.717) is 12.8 Å². The van der Waals surface area contributed by atoms with Crippen molar-refractivity contribution in [3.63, 3.8) is 0 Å². The van der Waals surface area contributed by atoms with E-state index in [1.54, 1.807) is 13.8 Å². The fraction of sp³-hybridized carbons (Fsp3) is 0.867. The largest absolute Gasteiger partial charge is 1.00 e. The Morgan fingerprint density at radius 2 is 1.64 bits per heavy atom. The summed E-state index contributed by atoms with van der Waals surface area (Å²) in [4.78, 5) is 25.6. The van der Waals surface area contributed by atoms with Crippen LogP contribution in [0, 0.1) is 40.4 Å². The van der Waals surface area contributed by atoms with Gasteiger partial charge in [0.1, 0.15) is 18.3 Å². The molecule has 3 N–H and O–H groups in total. The van der Waals surface area contributed by atoms with Gasteiger partial charge in [-0.3, -0.25) is 18.0 Å². The van der Waals surface area contributed by atoms with Crippen LogP contribution in [-0.2, 0) is 53.0 Å². The number of aliphatic hydroxyl groups excluding tert-OH is 2. The monoisotopic (exact) mass is 802 g/mol. The number of carboxylic acids is 1. The quantitative estimate of drug-likeness (QED) is 0.0442. The summed E-state index contributed by atoms with van der Waals surface area (Å²) >= 11 is 0. The van der Waals surface area contributed by atoms with Gasteiger partial charge in [-0.15, -0.1) is 0 Å². The van der Waals surface area contributed by atoms with Crippen LogP contribution in [0.2, 0.25) is 0 Å². The number of fused-ring (bicyclic) bond motifs is 3. The predicted octanol–water partition coefficient (Wildman–Crippen LogP) is -5.01. The molecule has 274 valence electrons. The van der Waals surface area contributed by atoms with Crippen LogP contribution < -0.4 is 103 Å². The van der Waals surface area contributed by atoms with Crippen LogP contribution in [0.4, 0.5) is 0 Å². The maximum Gasteiger partial charge on any atom is 1.00 e. The number of esters is 1. The summed E-state index contributed by atoms with van der Waals surface area (Å²) in [5.41, 5.74) is -0.359. The maximum atomic E-state index is 12.9. The molecule has 0 unspecified atom stereocenters. The smallest absolute Gasteiger partial charge is 0.726 e. The van der Waals surface area contributed by atoms with E-state index >= 15 is 0 Å². The Bertz CT molecular complexity index is 1490. The molecular weight excluding hydrogens is 759 g/mol. The van der Waals surface area contributed by atoms with Gasteiger partial charge in [0.2, 0.25) is 20.8 Å². The average molecular weight is 803 g/mol. The third-order valence-corrected chi connectivity index (χ3v) is 12.4. The second-order valence-corrected chi connectivity index (χ2v) is 16.8. The first-order chi connectivity index (χ1) is 22.2. The van der Waals surface area contributed by atoms with Crippen molar-refractivity contribution in [2.75, 3.05) is 6.61 Å². The number of ether oxygens (including phenoxy) is 3. The van der Waals surface area contributed by atoms with Crippen molar-refractivity contribution in [1.29, 1.82) is 0 Å². The molecule has 1 aliphatic heterocycles. The van der Waals surface area contributed by atoms with Gasteiger partial charge in [0.25, 0.3) is 0 Å². The number of carbonyl (C=O) groups excluding carboxylic acids is 1. The van der Waals surface area contributed by atoms with Gasteiger partial charge in [-0.1, -0.05) is 27.4 Å². The molecule has 0 amide bonds. The molecule has 1 saturated heterocycles. The molecule has 20 heteroatoms. The molecular formula is C30H44K2O16S2. The van der Waals surface area contributed by atoms with Gasteiger partial charge >= 0.3 is 115 Å². The van der Waals surface area contributed by atoms with Crippen molar-refractivity contribution in [2.45, 2.75) is 115 Å². The second-order valence-electron chi connectivity index (χ2n) is 14.8. The van der Waals surface area contributed by atoms with Crippen LogP contribution in [0.15, 0.2) is 12.2 Å². The summed E-state index contributed by atoms with van der Waals surface area (Å²) in [6.07, 6.45) is -8.49. The minimum Gasteiger partial charge on any atom is -0.726 e. The van der Waals surface area contributed by atoms with Crippen molar-refractivity contribution >= 4 is 32.7 Å². The number of rotatable bonds is 11. The molecule has 2 bridgehead atoms. The zero-order valence-corrected chi connectivity index (χ0v) is 36.8. The number of aliphatic hydroxyl groups is 2. The third kappa shape index (κ3) is 9.55. The van der Waals surface area contributed by atoms with E-state index in [-0.39, 0.29) is 146 Å². The van der Waals surface area contributed by atoms with Gasteiger partial charge < -0.3 is 38.6 Å². The first-order valence-corrected chi connectivity index (χ1v) is 18.8. The Morgan fingerprint density at radius 3 is 2.20 bits per heavy atom. The SMILES string of the molecule is C=C1[C@@H]2CC[C@@H]3[C@@]4(C)C[C@H](O[C@H]5O[C@@H](CO)[C@@H](OS(=O)(=O)[O-])[C@@H](OS(=O)(=O)[O-])[C@H]5OC(=O)CC(C)C)C[C@H](C(=O)O)[C@@H]4CC[C@]3(C2)[C@@H]1O.[K+].[K+]. The van der Waals surface area contributed by atoms with Gasteiger partial charge in [-0.05, 0) is 79.6 Å². The Hall–Kier alpha value is 1.53. The Balaban J connectivity index is 0.00000338. The molecule has 1 heterocycles. The van der Waals surface area contributed by atoms with Gasteiger partial charge in [-0.25, -0.2) is 16.8 Å². The number of carbonyl (C=O) groups is 2. The molecule has 50 heavy (non-hydrogen) atoms. The molecule has 5 aliphatic rings. The summed E-state index contributed by atoms with van der Waals surface area (Å²) in [7, 11) is -11.3. The second kappa shape index (κ2) is 17.4. The van der Waals surface area contributed by atoms with Gasteiger partial charge in [0.05, 0.1) is 24.7 Å². The molecule has 4 saturated carbocycles. The standard InChI is InChI=1S/C30H46O16S2.2K/c1-14(2)9-22(32)44-25-24(46-48(39,40)41)23(45-47(36,37)38)20(13-31)43-28(25)42-17-10-18(27(34)35)19-7-8-30-11-16(15(3)26(30)33)5-6-21(30)29(19,4)12-17;;/h14,16-21,23-26,28,31,33H,3,5-13H2,1-2,4H3,(H,34,35)(H,36,37,38)(H,39,40,41);;/q;2*+1/p-2/t16-,17-,18+,19+,20+,21-,23-,24-,25-,26-,28+,29+,30-;;/m1../s1. The summed E-state index contributed by atoms with van der Waals surface area (Å²) in [5.74, 6) is -3.38. The van der Waals surface area contributed by atoms with Crippen LogP contribution in [0.3, 0.4) is 0 Å². The van der Waals surface area contributed by atoms with E-state index in [2.05, 4.69) is 14.9 Å². The van der Waals surface area contributed by atoms with Crippen molar-refractivity contribution < 1.29 is 176 Å². The van der Waals surface area contributed by atoms with Crippen LogP contribution in [0.25, 0.3) is 0 Å². The van der Waals surface area contributed by atoms with Crippen molar-refractivity contribution in [3.8, 4) is 0 Å². The molecule has 0 aromatic rings. The fourth-order valence-corrected chi connectivity index (χ4v) is 10.8. The number of hydrogen-bond donors (Lipinski definition) is 3. The molecule has 0 radical (unpaired) electrons. The van der Waals surface area contributed by atoms with Crippen LogP contribution in [-0.4, -0.2) is 103 Å². The topological polar surface area (TPSA) is 255 Å². The molecule has 1 spiro atoms. The van der Waals surface area contributed by atoms with E-state index in [0.717, 1.165) is 24.8 Å². The fourth-order valence-electron chi connectivity index (χ4n) is 9.81. The van der Waals surface area contributed by atoms with Crippen molar-refractivity contribution in [2.24, 2.45) is 40.4 Å². The maximum absolute atomic E-state index is 12.9. The summed E-state index contributed by atoms with van der Waals surface area (Å²) in [6.45, 7) is 8.41. The van der Waals surface area contributed by atoms with E-state index in [1.165, 1.54) is 0 Å². The molecule has 0 aromatic heterocycles. The van der Waals surface area contributed by atoms with Gasteiger partial charge in [0, 0.05) is 11.8 Å². The molecule has 4 aliphatic carbocycles. The predicted molar refractivity (Wildman–Crippen MR) is 159 cm³/mol.